The van der Waals surface area contributed by atoms with Crippen molar-refractivity contribution in [2.75, 3.05) is 27.3 Å². The van der Waals surface area contributed by atoms with Crippen LogP contribution in [0.15, 0.2) is 29.2 Å². The number of alkyl halides is 3. The summed E-state index contributed by atoms with van der Waals surface area (Å²) in [5.74, 6) is -0.697. The molecule has 1 amide bonds. The summed E-state index contributed by atoms with van der Waals surface area (Å²) in [5.41, 5.74) is 0.608. The van der Waals surface area contributed by atoms with E-state index in [1.807, 2.05) is 0 Å². The number of nitrogens with one attached hydrogen (secondary N) is 1. The number of carbonyl (C=O) groups is 1. The third-order valence-electron chi connectivity index (χ3n) is 3.04. The molecule has 0 aliphatic rings. The maximum absolute atomic E-state index is 11.9. The summed E-state index contributed by atoms with van der Waals surface area (Å²) in [5, 5.41) is 2.47. The minimum Gasteiger partial charge on any atom is -0.362 e. The number of halogens is 3. The number of sulfonamides is 1. The third-order valence-corrected chi connectivity index (χ3v) is 4.86. The molecule has 0 aliphatic heterocycles. The molecule has 0 heterocycles. The van der Waals surface area contributed by atoms with Crippen LogP contribution in [0.25, 0.3) is 0 Å². The molecule has 10 heteroatoms. The maximum Gasteiger partial charge on any atom is 0.411 e. The quantitative estimate of drug-likeness (QED) is 0.795. The molecule has 0 radical (unpaired) electrons. The Bertz CT molecular complexity index is 658. The third kappa shape index (κ3) is 6.10. The van der Waals surface area contributed by atoms with E-state index < -0.39 is 41.4 Å². The Morgan fingerprint density at radius 1 is 1.25 bits per heavy atom. The highest BCUT2D eigenvalue weighted by atomic mass is 32.2. The summed E-state index contributed by atoms with van der Waals surface area (Å²) < 4.78 is 65.0. The van der Waals surface area contributed by atoms with Gasteiger partial charge in [0.1, 0.15) is 13.2 Å². The molecule has 136 valence electrons. The highest BCUT2D eigenvalue weighted by molar-refractivity contribution is 7.89. The Hall–Kier alpha value is -1.65. The molecule has 1 N–H and O–H groups in total. The summed E-state index contributed by atoms with van der Waals surface area (Å²) in [6.07, 6.45) is -4.49. The van der Waals surface area contributed by atoms with Crippen molar-refractivity contribution in [3.8, 4) is 0 Å². The number of ether oxygens (including phenoxy) is 1. The van der Waals surface area contributed by atoms with Gasteiger partial charge >= 0.3 is 6.18 Å². The van der Waals surface area contributed by atoms with Gasteiger partial charge in [0.15, 0.2) is 0 Å². The number of nitrogens with zero attached hydrogens (tertiary/aromatic N) is 1. The van der Waals surface area contributed by atoms with Crippen molar-refractivity contribution in [1.29, 1.82) is 0 Å². The molecule has 24 heavy (non-hydrogen) atoms. The van der Waals surface area contributed by atoms with Crippen LogP contribution in [-0.4, -0.2) is 52.1 Å². The minimum atomic E-state index is -4.49. The van der Waals surface area contributed by atoms with Crippen LogP contribution in [0.4, 0.5) is 13.2 Å². The largest absolute Gasteiger partial charge is 0.411 e. The fourth-order valence-electron chi connectivity index (χ4n) is 1.77. The molecule has 0 aromatic heterocycles. The average Bonchev–Trinajstić information content (AvgIpc) is 2.45. The van der Waals surface area contributed by atoms with Crippen LogP contribution < -0.4 is 5.32 Å². The lowest BCUT2D eigenvalue weighted by Crippen LogP contribution is -2.31. The first-order chi connectivity index (χ1) is 10.9. The lowest BCUT2D eigenvalue weighted by atomic mass is 10.1. The molecule has 0 saturated heterocycles. The number of benzene rings is 1. The SMILES string of the molecule is CC(NC(=O)COCC(F)(F)F)c1ccc(S(=O)(=O)N(C)C)cc1. The van der Waals surface area contributed by atoms with E-state index in [0.29, 0.717) is 5.56 Å². The van der Waals surface area contributed by atoms with Crippen LogP contribution in [0.3, 0.4) is 0 Å². The number of hydrogen-bond donors (Lipinski definition) is 1. The highest BCUT2D eigenvalue weighted by Crippen LogP contribution is 2.18. The van der Waals surface area contributed by atoms with Crippen LogP contribution in [0, 0.1) is 0 Å². The Morgan fingerprint density at radius 2 is 1.79 bits per heavy atom. The van der Waals surface area contributed by atoms with E-state index in [9.17, 15) is 26.4 Å². The first kappa shape index (κ1) is 20.4. The van der Waals surface area contributed by atoms with Crippen molar-refractivity contribution in [3.05, 3.63) is 29.8 Å². The molecule has 1 unspecified atom stereocenters. The molecule has 0 aliphatic carbocycles. The molecule has 1 aromatic carbocycles. The summed E-state index contributed by atoms with van der Waals surface area (Å²) in [4.78, 5) is 11.6. The maximum atomic E-state index is 11.9. The normalized spacial score (nSPS) is 13.8. The molecular weight excluding hydrogens is 349 g/mol. The summed E-state index contributed by atoms with van der Waals surface area (Å²) >= 11 is 0. The number of hydrogen-bond acceptors (Lipinski definition) is 4. The Labute approximate surface area is 138 Å². The predicted molar refractivity (Wildman–Crippen MR) is 80.7 cm³/mol. The number of amides is 1. The Balaban J connectivity index is 2.63. The van der Waals surface area contributed by atoms with Crippen molar-refractivity contribution in [1.82, 2.24) is 9.62 Å². The smallest absolute Gasteiger partial charge is 0.362 e. The van der Waals surface area contributed by atoms with Crippen LogP contribution in [0.1, 0.15) is 18.5 Å². The van der Waals surface area contributed by atoms with Gasteiger partial charge in [-0.3, -0.25) is 4.79 Å². The van der Waals surface area contributed by atoms with Gasteiger partial charge in [0.25, 0.3) is 0 Å². The second-order valence-corrected chi connectivity index (χ2v) is 7.41. The van der Waals surface area contributed by atoms with Crippen molar-refractivity contribution in [2.45, 2.75) is 24.0 Å². The van der Waals surface area contributed by atoms with Crippen LogP contribution in [0.5, 0.6) is 0 Å². The van der Waals surface area contributed by atoms with Gasteiger partial charge < -0.3 is 10.1 Å². The van der Waals surface area contributed by atoms with Crippen molar-refractivity contribution >= 4 is 15.9 Å². The topological polar surface area (TPSA) is 75.7 Å². The number of rotatable bonds is 7. The van der Waals surface area contributed by atoms with E-state index in [4.69, 9.17) is 0 Å². The molecule has 6 nitrogen and oxygen atoms in total. The second kappa shape index (κ2) is 7.95. The minimum absolute atomic E-state index is 0.100. The van der Waals surface area contributed by atoms with Crippen LogP contribution >= 0.6 is 0 Å². The average molecular weight is 368 g/mol. The van der Waals surface area contributed by atoms with E-state index in [1.54, 1.807) is 6.92 Å². The predicted octanol–water partition coefficient (Wildman–Crippen LogP) is 1.69. The van der Waals surface area contributed by atoms with Gasteiger partial charge in [-0.1, -0.05) is 12.1 Å². The molecule has 1 atom stereocenters. The first-order valence-corrected chi connectivity index (χ1v) is 8.34. The molecule has 0 bridgehead atoms. The van der Waals surface area contributed by atoms with Gasteiger partial charge in [-0.05, 0) is 24.6 Å². The van der Waals surface area contributed by atoms with E-state index in [-0.39, 0.29) is 4.90 Å². The zero-order chi connectivity index (χ0) is 18.5. The monoisotopic (exact) mass is 368 g/mol. The molecule has 0 saturated carbocycles. The molecular formula is C14H19F3N2O4S. The van der Waals surface area contributed by atoms with E-state index >= 15 is 0 Å². The van der Waals surface area contributed by atoms with E-state index in [0.717, 1.165) is 4.31 Å². The summed E-state index contributed by atoms with van der Waals surface area (Å²) in [6, 6.07) is 5.33. The van der Waals surface area contributed by atoms with Crippen LogP contribution in [0.2, 0.25) is 0 Å². The zero-order valence-electron chi connectivity index (χ0n) is 13.4. The van der Waals surface area contributed by atoms with Crippen LogP contribution in [-0.2, 0) is 19.6 Å². The van der Waals surface area contributed by atoms with Crippen molar-refractivity contribution in [2.24, 2.45) is 0 Å². The lowest BCUT2D eigenvalue weighted by molar-refractivity contribution is -0.175. The molecule has 1 rings (SSSR count). The van der Waals surface area contributed by atoms with Crippen molar-refractivity contribution < 1.29 is 31.1 Å². The molecule has 0 fully saturated rings. The first-order valence-electron chi connectivity index (χ1n) is 6.90. The standard InChI is InChI=1S/C14H19F3N2O4S/c1-10(18-13(20)8-23-9-14(15,16)17)11-4-6-12(7-5-11)24(21,22)19(2)3/h4-7,10H,8-9H2,1-3H3,(H,18,20). The number of carbonyl (C=O) groups excluding carboxylic acids is 1. The zero-order valence-corrected chi connectivity index (χ0v) is 14.2. The van der Waals surface area contributed by atoms with Crippen molar-refractivity contribution in [3.63, 3.8) is 0 Å². The highest BCUT2D eigenvalue weighted by Gasteiger charge is 2.27. The molecule has 0 spiro atoms. The van der Waals surface area contributed by atoms with Gasteiger partial charge in [-0.2, -0.15) is 13.2 Å². The lowest BCUT2D eigenvalue weighted by Gasteiger charge is -2.16. The molecule has 1 aromatic rings. The van der Waals surface area contributed by atoms with Gasteiger partial charge in [0, 0.05) is 14.1 Å². The Morgan fingerprint density at radius 3 is 2.25 bits per heavy atom. The fourth-order valence-corrected chi connectivity index (χ4v) is 2.67. The summed E-state index contributed by atoms with van der Waals surface area (Å²) in [6.45, 7) is -0.583. The fraction of sp³-hybridized carbons (Fsp3) is 0.500. The van der Waals surface area contributed by atoms with E-state index in [2.05, 4.69) is 10.1 Å². The second-order valence-electron chi connectivity index (χ2n) is 5.25. The van der Waals surface area contributed by atoms with E-state index in [1.165, 1.54) is 38.4 Å². The van der Waals surface area contributed by atoms with Gasteiger partial charge in [-0.15, -0.1) is 0 Å². The Kier molecular flexibility index (Phi) is 6.76. The van der Waals surface area contributed by atoms with Gasteiger partial charge in [-0.25, -0.2) is 12.7 Å². The van der Waals surface area contributed by atoms with Gasteiger partial charge in [0.2, 0.25) is 15.9 Å². The van der Waals surface area contributed by atoms with Gasteiger partial charge in [0.05, 0.1) is 10.9 Å². The summed E-state index contributed by atoms with van der Waals surface area (Å²) in [7, 11) is -0.729.